The number of hydrogen-bond donors (Lipinski definition) is 1. The van der Waals surface area contributed by atoms with Crippen molar-refractivity contribution in [3.63, 3.8) is 0 Å². The minimum atomic E-state index is -2.58. The third-order valence-corrected chi connectivity index (χ3v) is 4.90. The Bertz CT molecular complexity index is 280. The lowest BCUT2D eigenvalue weighted by Gasteiger charge is -2.24. The molecule has 1 atom stereocenters. The van der Waals surface area contributed by atoms with Gasteiger partial charge in [0, 0.05) is 6.42 Å². The zero-order valence-corrected chi connectivity index (χ0v) is 13.7. The fraction of sp³-hybridized carbons (Fsp3) is 0.933. The molecule has 0 aliphatic carbocycles. The first kappa shape index (κ1) is 19.7. The predicted octanol–water partition coefficient (Wildman–Crippen LogP) is 5.36. The van der Waals surface area contributed by atoms with Gasteiger partial charge in [-0.05, 0) is 38.9 Å². The van der Waals surface area contributed by atoms with E-state index in [4.69, 9.17) is 0 Å². The number of carboxylic acid groups (broad SMARTS) is 1. The molecule has 0 radical (unpaired) electrons. The number of thioether (sulfide) groups is 1. The molecule has 0 spiro atoms. The van der Waals surface area contributed by atoms with E-state index in [1.54, 1.807) is 6.92 Å². The molecule has 0 bridgehead atoms. The van der Waals surface area contributed by atoms with Crippen molar-refractivity contribution < 1.29 is 18.7 Å². The summed E-state index contributed by atoms with van der Waals surface area (Å²) in [6, 6.07) is 0. The minimum absolute atomic E-state index is 0.0790. The number of carbonyl (C=O) groups is 1. The number of alkyl halides is 2. The summed E-state index contributed by atoms with van der Waals surface area (Å²) in [5, 5.41) is 9.32. The van der Waals surface area contributed by atoms with Gasteiger partial charge in [-0.3, -0.25) is 4.79 Å². The van der Waals surface area contributed by atoms with Gasteiger partial charge >= 0.3 is 5.97 Å². The maximum absolute atomic E-state index is 12.6. The Morgan fingerprint density at radius 2 is 1.65 bits per heavy atom. The second-order valence-electron chi connectivity index (χ2n) is 5.72. The SMILES string of the molecule is CCCCCC(C)(SCCCCCC(C)(F)F)C(=O)O. The molecule has 0 amide bonds. The van der Waals surface area contributed by atoms with E-state index in [0.29, 0.717) is 12.8 Å². The van der Waals surface area contributed by atoms with Crippen molar-refractivity contribution in [3.05, 3.63) is 0 Å². The molecule has 0 heterocycles. The maximum atomic E-state index is 12.6. The largest absolute Gasteiger partial charge is 0.480 e. The quantitative estimate of drug-likeness (QED) is 0.493. The van der Waals surface area contributed by atoms with Gasteiger partial charge < -0.3 is 5.11 Å². The molecule has 0 rings (SSSR count). The summed E-state index contributed by atoms with van der Waals surface area (Å²) in [6.07, 6.45) is 5.69. The van der Waals surface area contributed by atoms with Gasteiger partial charge in [-0.2, -0.15) is 0 Å². The van der Waals surface area contributed by atoms with Crippen LogP contribution in [0.2, 0.25) is 0 Å². The van der Waals surface area contributed by atoms with Crippen LogP contribution in [0.3, 0.4) is 0 Å². The molecule has 20 heavy (non-hydrogen) atoms. The first-order valence-electron chi connectivity index (χ1n) is 7.46. The molecule has 0 saturated carbocycles. The number of aliphatic carboxylic acids is 1. The normalized spacial score (nSPS) is 15.1. The lowest BCUT2D eigenvalue weighted by Crippen LogP contribution is -2.31. The number of rotatable bonds is 12. The van der Waals surface area contributed by atoms with Gasteiger partial charge in [0.2, 0.25) is 5.92 Å². The summed E-state index contributed by atoms with van der Waals surface area (Å²) in [6.45, 7) is 4.81. The number of hydrogen-bond acceptors (Lipinski definition) is 2. The molecular formula is C15H28F2O2S. The number of carboxylic acids is 1. The molecule has 0 aromatic carbocycles. The summed E-state index contributed by atoms with van der Waals surface area (Å²) in [4.78, 5) is 11.3. The van der Waals surface area contributed by atoms with Crippen LogP contribution in [0.5, 0.6) is 0 Å². The number of halogens is 2. The Labute approximate surface area is 125 Å². The van der Waals surface area contributed by atoms with Crippen molar-refractivity contribution in [2.24, 2.45) is 0 Å². The highest BCUT2D eigenvalue weighted by Crippen LogP contribution is 2.32. The van der Waals surface area contributed by atoms with Crippen molar-refractivity contribution in [2.75, 3.05) is 5.75 Å². The molecule has 120 valence electrons. The van der Waals surface area contributed by atoms with E-state index < -0.39 is 16.6 Å². The second-order valence-corrected chi connectivity index (χ2v) is 7.32. The fourth-order valence-corrected chi connectivity index (χ4v) is 3.18. The first-order valence-corrected chi connectivity index (χ1v) is 8.45. The summed E-state index contributed by atoms with van der Waals surface area (Å²) in [5.41, 5.74) is 0. The van der Waals surface area contributed by atoms with Crippen molar-refractivity contribution in [1.82, 2.24) is 0 Å². The molecule has 1 N–H and O–H groups in total. The average Bonchev–Trinajstić information content (AvgIpc) is 2.32. The molecule has 0 aliphatic heterocycles. The Balaban J connectivity index is 3.89. The first-order chi connectivity index (χ1) is 9.21. The van der Waals surface area contributed by atoms with Gasteiger partial charge in [0.25, 0.3) is 0 Å². The zero-order valence-electron chi connectivity index (χ0n) is 12.9. The lowest BCUT2D eigenvalue weighted by molar-refractivity contribution is -0.139. The highest BCUT2D eigenvalue weighted by molar-refractivity contribution is 8.01. The molecule has 0 fully saturated rings. The van der Waals surface area contributed by atoms with Gasteiger partial charge in [-0.25, -0.2) is 8.78 Å². The molecule has 2 nitrogen and oxygen atoms in total. The van der Waals surface area contributed by atoms with Crippen LogP contribution in [0.1, 0.15) is 72.1 Å². The van der Waals surface area contributed by atoms with Crippen LogP contribution in [0, 0.1) is 0 Å². The highest BCUT2D eigenvalue weighted by atomic mass is 32.2. The number of unbranched alkanes of at least 4 members (excludes halogenated alkanes) is 4. The monoisotopic (exact) mass is 310 g/mol. The topological polar surface area (TPSA) is 37.3 Å². The Kier molecular flexibility index (Phi) is 9.43. The van der Waals surface area contributed by atoms with Gasteiger partial charge in [-0.1, -0.05) is 32.6 Å². The summed E-state index contributed by atoms with van der Waals surface area (Å²) < 4.78 is 24.5. The van der Waals surface area contributed by atoms with Gasteiger partial charge in [-0.15, -0.1) is 11.8 Å². The maximum Gasteiger partial charge on any atom is 0.319 e. The molecule has 0 aliphatic rings. The smallest absolute Gasteiger partial charge is 0.319 e. The molecule has 5 heteroatoms. The van der Waals surface area contributed by atoms with Gasteiger partial charge in [0.15, 0.2) is 0 Å². The summed E-state index contributed by atoms with van der Waals surface area (Å²) >= 11 is 1.45. The van der Waals surface area contributed by atoms with Crippen molar-refractivity contribution in [2.45, 2.75) is 82.8 Å². The van der Waals surface area contributed by atoms with E-state index in [1.807, 2.05) is 0 Å². The van der Waals surface area contributed by atoms with Crippen LogP contribution >= 0.6 is 11.8 Å². The van der Waals surface area contributed by atoms with Crippen molar-refractivity contribution >= 4 is 17.7 Å². The van der Waals surface area contributed by atoms with Crippen molar-refractivity contribution in [1.29, 1.82) is 0 Å². The Hall–Kier alpha value is -0.320. The van der Waals surface area contributed by atoms with E-state index in [9.17, 15) is 18.7 Å². The highest BCUT2D eigenvalue weighted by Gasteiger charge is 2.32. The summed E-state index contributed by atoms with van der Waals surface area (Å²) in [5.74, 6) is -2.62. The Morgan fingerprint density at radius 3 is 2.15 bits per heavy atom. The van der Waals surface area contributed by atoms with E-state index >= 15 is 0 Å². The van der Waals surface area contributed by atoms with E-state index in [2.05, 4.69) is 6.92 Å². The van der Waals surface area contributed by atoms with Gasteiger partial charge in [0.05, 0.1) is 0 Å². The predicted molar refractivity (Wildman–Crippen MR) is 81.7 cm³/mol. The molecule has 1 unspecified atom stereocenters. The van der Waals surface area contributed by atoms with Crippen LogP contribution in [0.15, 0.2) is 0 Å². The van der Waals surface area contributed by atoms with Crippen LogP contribution in [0.25, 0.3) is 0 Å². The lowest BCUT2D eigenvalue weighted by atomic mass is 10.0. The van der Waals surface area contributed by atoms with E-state index in [0.717, 1.165) is 44.8 Å². The third-order valence-electron chi connectivity index (χ3n) is 3.39. The average molecular weight is 310 g/mol. The van der Waals surface area contributed by atoms with Crippen LogP contribution in [0.4, 0.5) is 8.78 Å². The van der Waals surface area contributed by atoms with Crippen LogP contribution < -0.4 is 0 Å². The third kappa shape index (κ3) is 9.56. The standard InChI is InChI=1S/C15H28F2O2S/c1-4-5-7-10-14(2,13(18)19)20-12-9-6-8-11-15(3,16)17/h4-12H2,1-3H3,(H,18,19). The second kappa shape index (κ2) is 9.59. The molecule has 0 saturated heterocycles. The molecule has 0 aromatic heterocycles. The minimum Gasteiger partial charge on any atom is -0.480 e. The molecular weight excluding hydrogens is 282 g/mol. The van der Waals surface area contributed by atoms with Gasteiger partial charge in [0.1, 0.15) is 4.75 Å². The van der Waals surface area contributed by atoms with Crippen LogP contribution in [-0.2, 0) is 4.79 Å². The summed E-state index contributed by atoms with van der Waals surface area (Å²) in [7, 11) is 0. The Morgan fingerprint density at radius 1 is 1.05 bits per heavy atom. The van der Waals surface area contributed by atoms with E-state index in [-0.39, 0.29) is 6.42 Å². The fourth-order valence-electron chi connectivity index (χ4n) is 1.96. The van der Waals surface area contributed by atoms with Crippen molar-refractivity contribution in [3.8, 4) is 0 Å². The van der Waals surface area contributed by atoms with Crippen LogP contribution in [-0.4, -0.2) is 27.5 Å². The van der Waals surface area contributed by atoms with E-state index in [1.165, 1.54) is 11.8 Å². The molecule has 0 aromatic rings. The zero-order chi connectivity index (χ0) is 15.6.